The highest BCUT2D eigenvalue weighted by Gasteiger charge is 2.17. The third-order valence-electron chi connectivity index (χ3n) is 1.27. The van der Waals surface area contributed by atoms with Gasteiger partial charge in [0.25, 0.3) is 5.91 Å². The van der Waals surface area contributed by atoms with Crippen molar-refractivity contribution in [1.82, 2.24) is 0 Å². The van der Waals surface area contributed by atoms with E-state index in [4.69, 9.17) is 10.00 Å². The highest BCUT2D eigenvalue weighted by molar-refractivity contribution is 6.02. The van der Waals surface area contributed by atoms with Crippen molar-refractivity contribution < 1.29 is 9.53 Å². The lowest BCUT2D eigenvalue weighted by Crippen LogP contribution is -2.18. The zero-order valence-electron chi connectivity index (χ0n) is 5.94. The highest BCUT2D eigenvalue weighted by Crippen LogP contribution is 2.07. The second-order valence-electron chi connectivity index (χ2n) is 1.96. The standard InChI is InChI=1S/C7H6N2O2/c1-11-7-5(4-8)2-3-6(10)9-7/h2-3,5H,1H3. The van der Waals surface area contributed by atoms with Gasteiger partial charge in [0.1, 0.15) is 5.92 Å². The number of ether oxygens (including phenoxy) is 1. The minimum absolute atomic E-state index is 0.167. The maximum atomic E-state index is 10.6. The molecule has 11 heavy (non-hydrogen) atoms. The molecule has 1 rings (SSSR count). The molecule has 0 aliphatic carbocycles. The van der Waals surface area contributed by atoms with Crippen LogP contribution >= 0.6 is 0 Å². The SMILES string of the molecule is COC1=NC(=O)C=CC1C#N. The van der Waals surface area contributed by atoms with Crippen LogP contribution in [0.5, 0.6) is 0 Å². The number of carbonyl (C=O) groups is 1. The minimum Gasteiger partial charge on any atom is -0.483 e. The lowest BCUT2D eigenvalue weighted by molar-refractivity contribution is -0.113. The first kappa shape index (κ1) is 7.48. The summed E-state index contributed by atoms with van der Waals surface area (Å²) in [6.45, 7) is 0. The average molecular weight is 150 g/mol. The first-order valence-corrected chi connectivity index (χ1v) is 3.02. The van der Waals surface area contributed by atoms with Crippen LogP contribution in [0.1, 0.15) is 0 Å². The number of hydrogen-bond acceptors (Lipinski definition) is 3. The number of carbonyl (C=O) groups excluding carboxylic acids is 1. The lowest BCUT2D eigenvalue weighted by atomic mass is 10.1. The molecule has 1 aliphatic rings. The molecule has 1 heterocycles. The number of dihydropyridines is 1. The Morgan fingerprint density at radius 3 is 3.09 bits per heavy atom. The van der Waals surface area contributed by atoms with Crippen LogP contribution in [0.3, 0.4) is 0 Å². The summed E-state index contributed by atoms with van der Waals surface area (Å²) in [5, 5.41) is 8.51. The van der Waals surface area contributed by atoms with E-state index in [1.54, 1.807) is 0 Å². The summed E-state index contributed by atoms with van der Waals surface area (Å²) in [6.07, 6.45) is 2.73. The van der Waals surface area contributed by atoms with E-state index >= 15 is 0 Å². The maximum absolute atomic E-state index is 10.6. The molecule has 56 valence electrons. The van der Waals surface area contributed by atoms with Crippen LogP contribution in [0.25, 0.3) is 0 Å². The molecule has 0 aromatic heterocycles. The molecule has 1 unspecified atom stereocenters. The van der Waals surface area contributed by atoms with Crippen molar-refractivity contribution in [3.05, 3.63) is 12.2 Å². The average Bonchev–Trinajstić information content (AvgIpc) is 2.04. The van der Waals surface area contributed by atoms with Gasteiger partial charge >= 0.3 is 0 Å². The molecule has 0 aromatic rings. The van der Waals surface area contributed by atoms with E-state index in [2.05, 4.69) is 4.99 Å². The summed E-state index contributed by atoms with van der Waals surface area (Å²) in [4.78, 5) is 14.1. The third-order valence-corrected chi connectivity index (χ3v) is 1.27. The number of rotatable bonds is 0. The van der Waals surface area contributed by atoms with Gasteiger partial charge in [0.15, 0.2) is 0 Å². The number of aliphatic imine (C=N–C) groups is 1. The molecule has 4 nitrogen and oxygen atoms in total. The van der Waals surface area contributed by atoms with Crippen LogP contribution in [-0.4, -0.2) is 18.9 Å². The Morgan fingerprint density at radius 2 is 2.55 bits per heavy atom. The van der Waals surface area contributed by atoms with E-state index in [9.17, 15) is 4.79 Å². The van der Waals surface area contributed by atoms with E-state index in [1.807, 2.05) is 6.07 Å². The van der Waals surface area contributed by atoms with Crippen LogP contribution < -0.4 is 0 Å². The molecule has 0 saturated heterocycles. The predicted molar refractivity (Wildman–Crippen MR) is 37.7 cm³/mol. The fourth-order valence-corrected chi connectivity index (χ4v) is 0.747. The van der Waals surface area contributed by atoms with Gasteiger partial charge in [-0.1, -0.05) is 6.08 Å². The number of nitriles is 1. The van der Waals surface area contributed by atoms with Gasteiger partial charge in [-0.05, 0) is 0 Å². The van der Waals surface area contributed by atoms with E-state index in [0.29, 0.717) is 0 Å². The van der Waals surface area contributed by atoms with E-state index < -0.39 is 5.92 Å². The van der Waals surface area contributed by atoms with Crippen molar-refractivity contribution in [2.24, 2.45) is 10.9 Å². The van der Waals surface area contributed by atoms with Crippen molar-refractivity contribution >= 4 is 11.8 Å². The van der Waals surface area contributed by atoms with Crippen molar-refractivity contribution in [2.75, 3.05) is 7.11 Å². The second kappa shape index (κ2) is 2.97. The van der Waals surface area contributed by atoms with Crippen molar-refractivity contribution in [3.8, 4) is 6.07 Å². The largest absolute Gasteiger partial charge is 0.483 e. The molecule has 0 fully saturated rings. The number of methoxy groups -OCH3 is 1. The minimum atomic E-state index is -0.516. The van der Waals surface area contributed by atoms with E-state index in [-0.39, 0.29) is 11.8 Å². The van der Waals surface area contributed by atoms with Gasteiger partial charge in [0.2, 0.25) is 5.90 Å². The normalized spacial score (nSPS) is 22.4. The molecular formula is C7H6N2O2. The first-order valence-electron chi connectivity index (χ1n) is 3.02. The van der Waals surface area contributed by atoms with Gasteiger partial charge in [-0.25, -0.2) is 0 Å². The van der Waals surface area contributed by atoms with Gasteiger partial charge in [0, 0.05) is 6.08 Å². The number of nitrogens with zero attached hydrogens (tertiary/aromatic N) is 2. The molecule has 0 spiro atoms. The number of amides is 1. The molecule has 1 aliphatic heterocycles. The topological polar surface area (TPSA) is 62.4 Å². The Kier molecular flexibility index (Phi) is 2.02. The summed E-state index contributed by atoms with van der Waals surface area (Å²) in [5.74, 6) is -0.731. The molecule has 0 bridgehead atoms. The fourth-order valence-electron chi connectivity index (χ4n) is 0.747. The Labute approximate surface area is 63.8 Å². The van der Waals surface area contributed by atoms with Crippen LogP contribution in [0.4, 0.5) is 0 Å². The summed E-state index contributed by atoms with van der Waals surface area (Å²) < 4.78 is 4.72. The summed E-state index contributed by atoms with van der Waals surface area (Å²) in [6, 6.07) is 1.93. The highest BCUT2D eigenvalue weighted by atomic mass is 16.5. The van der Waals surface area contributed by atoms with E-state index in [0.717, 1.165) is 0 Å². The van der Waals surface area contributed by atoms with Crippen LogP contribution in [0.15, 0.2) is 17.1 Å². The van der Waals surface area contributed by atoms with Crippen molar-refractivity contribution in [3.63, 3.8) is 0 Å². The van der Waals surface area contributed by atoms with Crippen LogP contribution in [-0.2, 0) is 9.53 Å². The Bertz CT molecular complexity index is 273. The second-order valence-corrected chi connectivity index (χ2v) is 1.96. The van der Waals surface area contributed by atoms with Gasteiger partial charge in [0.05, 0.1) is 13.2 Å². The third kappa shape index (κ3) is 1.44. The zero-order chi connectivity index (χ0) is 8.27. The van der Waals surface area contributed by atoms with Crippen molar-refractivity contribution in [1.29, 1.82) is 5.26 Å². The summed E-state index contributed by atoms with van der Waals surface area (Å²) >= 11 is 0. The molecule has 0 aromatic carbocycles. The molecule has 0 radical (unpaired) electrons. The van der Waals surface area contributed by atoms with Crippen LogP contribution in [0, 0.1) is 17.2 Å². The van der Waals surface area contributed by atoms with E-state index in [1.165, 1.54) is 19.3 Å². The number of hydrogen-bond donors (Lipinski definition) is 0. The predicted octanol–water partition coefficient (Wildman–Crippen LogP) is 0.267. The lowest BCUT2D eigenvalue weighted by Gasteiger charge is -2.08. The molecule has 1 atom stereocenters. The zero-order valence-corrected chi connectivity index (χ0v) is 5.94. The van der Waals surface area contributed by atoms with Crippen LogP contribution in [0.2, 0.25) is 0 Å². The molecule has 0 N–H and O–H groups in total. The fraction of sp³-hybridized carbons (Fsp3) is 0.286. The Balaban J connectivity index is 2.88. The van der Waals surface area contributed by atoms with Gasteiger partial charge in [-0.2, -0.15) is 10.3 Å². The maximum Gasteiger partial charge on any atom is 0.272 e. The summed E-state index contributed by atoms with van der Waals surface area (Å²) in [7, 11) is 1.38. The molecule has 1 amide bonds. The van der Waals surface area contributed by atoms with Gasteiger partial charge < -0.3 is 4.74 Å². The van der Waals surface area contributed by atoms with Gasteiger partial charge in [-0.15, -0.1) is 0 Å². The Morgan fingerprint density at radius 1 is 1.82 bits per heavy atom. The monoisotopic (exact) mass is 150 g/mol. The quantitative estimate of drug-likeness (QED) is 0.497. The smallest absolute Gasteiger partial charge is 0.272 e. The summed E-state index contributed by atoms with van der Waals surface area (Å²) in [5.41, 5.74) is 0. The Hall–Kier alpha value is -1.63. The van der Waals surface area contributed by atoms with Gasteiger partial charge in [-0.3, -0.25) is 4.79 Å². The van der Waals surface area contributed by atoms with Crippen molar-refractivity contribution in [2.45, 2.75) is 0 Å². The first-order chi connectivity index (χ1) is 5.27. The molecule has 4 heteroatoms. The molecule has 0 saturated carbocycles. The molecular weight excluding hydrogens is 144 g/mol.